The first-order valence-corrected chi connectivity index (χ1v) is 21.6. The van der Waals surface area contributed by atoms with Gasteiger partial charge < -0.3 is 4.57 Å². The molecule has 0 fully saturated rings. The molecule has 0 aliphatic heterocycles. The number of hydrogen-bond donors (Lipinski definition) is 0. The Morgan fingerprint density at radius 2 is 0.625 bits per heavy atom. The van der Waals surface area contributed by atoms with E-state index in [0.717, 1.165) is 44.8 Å². The molecular weight excluding hydrogens is 714 g/mol. The molecule has 0 aliphatic rings. The molecule has 0 saturated carbocycles. The van der Waals surface area contributed by atoms with E-state index in [1.807, 2.05) is 72.8 Å². The third-order valence-corrected chi connectivity index (χ3v) is 10.6. The maximum Gasteiger partial charge on any atom is 0.163 e. The second-order valence-electron chi connectivity index (χ2n) is 19.0. The van der Waals surface area contributed by atoms with Gasteiger partial charge in [0.2, 0.25) is 0 Å². The molecule has 10 nitrogen and oxygen atoms in total. The molecule has 0 aliphatic carbocycles. The Kier molecular flexibility index (Phi) is 10.5. The zero-order chi connectivity index (χ0) is 41.0. The van der Waals surface area contributed by atoms with E-state index in [0.29, 0.717) is 40.8 Å². The number of hydrogen-bond acceptors (Lipinski definition) is 10. The van der Waals surface area contributed by atoms with Crippen LogP contribution in [-0.4, -0.2) is 58.2 Å². The largest absolute Gasteiger partial charge is 0.319 e. The van der Waals surface area contributed by atoms with Crippen molar-refractivity contribution in [1.29, 1.82) is 0 Å². The van der Waals surface area contributed by atoms with Crippen LogP contribution in [0.4, 0.5) is 0 Å². The van der Waals surface area contributed by atoms with Gasteiger partial charge in [-0.05, 0) is 25.5 Å². The lowest BCUT2D eigenvalue weighted by Gasteiger charge is -2.22. The zero-order valence-electron chi connectivity index (χ0n) is 35.3. The van der Waals surface area contributed by atoms with Gasteiger partial charge in [0.15, 0.2) is 29.1 Å². The molecular formula is C45H54N9OP. The standard InChI is InChI=1S/C45H54N9OP/c1-42(2,3)38-48-33(27-21-23-32(24-22-27)56(13,14)55)46-34(49-38)28-17-15-18-29(25-28)35-47-36(51-39(50-35)43(4,5)6)30-19-16-20-31(26-30)37-52-40(44(7,8)9)54-41(53-37)45(10,11)12/h15-26H,1-14H3. The summed E-state index contributed by atoms with van der Waals surface area (Å²) in [4.78, 5) is 44.6. The van der Waals surface area contributed by atoms with Crippen LogP contribution in [0.15, 0.2) is 72.8 Å². The summed E-state index contributed by atoms with van der Waals surface area (Å²) in [5.74, 6) is 5.65. The van der Waals surface area contributed by atoms with E-state index in [9.17, 15) is 4.57 Å². The summed E-state index contributed by atoms with van der Waals surface area (Å²) in [5.41, 5.74) is 2.91. The van der Waals surface area contributed by atoms with E-state index >= 15 is 0 Å². The quantitative estimate of drug-likeness (QED) is 0.151. The minimum atomic E-state index is -2.40. The summed E-state index contributed by atoms with van der Waals surface area (Å²) in [7, 11) is -2.40. The number of rotatable bonds is 6. The van der Waals surface area contributed by atoms with Gasteiger partial charge in [0, 0.05) is 54.8 Å². The van der Waals surface area contributed by atoms with E-state index in [-0.39, 0.29) is 21.7 Å². The third kappa shape index (κ3) is 9.13. The first-order valence-electron chi connectivity index (χ1n) is 19.0. The molecule has 0 radical (unpaired) electrons. The first kappa shape index (κ1) is 40.6. The molecule has 0 unspecified atom stereocenters. The highest BCUT2D eigenvalue weighted by Crippen LogP contribution is 2.36. The molecule has 3 aromatic carbocycles. The maximum absolute atomic E-state index is 12.7. The Morgan fingerprint density at radius 3 is 0.911 bits per heavy atom. The summed E-state index contributed by atoms with van der Waals surface area (Å²) in [6.07, 6.45) is 0. The lowest BCUT2D eigenvalue weighted by molar-refractivity contribution is 0.497. The van der Waals surface area contributed by atoms with Crippen LogP contribution in [0, 0.1) is 0 Å². The summed E-state index contributed by atoms with van der Waals surface area (Å²) in [5, 5.41) is 0.812. The summed E-state index contributed by atoms with van der Waals surface area (Å²) in [6.45, 7) is 28.8. The molecule has 6 aromatic rings. The number of nitrogens with zero attached hydrogens (tertiary/aromatic N) is 9. The molecule has 6 rings (SSSR count). The Morgan fingerprint density at radius 1 is 0.357 bits per heavy atom. The predicted molar refractivity (Wildman–Crippen MR) is 228 cm³/mol. The van der Waals surface area contributed by atoms with Gasteiger partial charge in [-0.3, -0.25) is 0 Å². The minimum Gasteiger partial charge on any atom is -0.319 e. The average molecular weight is 768 g/mol. The third-order valence-electron chi connectivity index (χ3n) is 9.09. The molecule has 0 saturated heterocycles. The fraction of sp³-hybridized carbons (Fsp3) is 0.400. The summed E-state index contributed by atoms with van der Waals surface area (Å²) >= 11 is 0. The van der Waals surface area contributed by atoms with Crippen LogP contribution in [0.3, 0.4) is 0 Å². The van der Waals surface area contributed by atoms with Crippen LogP contribution in [0.25, 0.3) is 56.9 Å². The van der Waals surface area contributed by atoms with E-state index in [1.54, 1.807) is 13.3 Å². The average Bonchev–Trinajstić information content (AvgIpc) is 3.12. The molecule has 56 heavy (non-hydrogen) atoms. The normalized spacial score (nSPS) is 12.9. The highest BCUT2D eigenvalue weighted by molar-refractivity contribution is 7.70. The van der Waals surface area contributed by atoms with Crippen LogP contribution in [0.2, 0.25) is 0 Å². The first-order chi connectivity index (χ1) is 25.9. The Hall–Kier alpha value is -5.08. The predicted octanol–water partition coefficient (Wildman–Crippen LogP) is 10.0. The van der Waals surface area contributed by atoms with Crippen LogP contribution in [0.1, 0.15) is 106 Å². The monoisotopic (exact) mass is 767 g/mol. The summed E-state index contributed by atoms with van der Waals surface area (Å²) < 4.78 is 12.7. The second kappa shape index (κ2) is 14.5. The summed E-state index contributed by atoms with van der Waals surface area (Å²) in [6, 6.07) is 23.7. The van der Waals surface area contributed by atoms with Crippen molar-refractivity contribution >= 4 is 12.4 Å². The molecule has 0 N–H and O–H groups in total. The highest BCUT2D eigenvalue weighted by Gasteiger charge is 2.27. The van der Waals surface area contributed by atoms with Gasteiger partial charge in [-0.2, -0.15) is 0 Å². The molecule has 290 valence electrons. The number of aromatic nitrogens is 9. The van der Waals surface area contributed by atoms with Gasteiger partial charge >= 0.3 is 0 Å². The smallest absolute Gasteiger partial charge is 0.163 e. The van der Waals surface area contributed by atoms with Gasteiger partial charge in [-0.15, -0.1) is 0 Å². The second-order valence-corrected chi connectivity index (χ2v) is 22.2. The van der Waals surface area contributed by atoms with Crippen LogP contribution >= 0.6 is 7.14 Å². The lowest BCUT2D eigenvalue weighted by Crippen LogP contribution is -2.24. The zero-order valence-corrected chi connectivity index (χ0v) is 36.2. The van der Waals surface area contributed by atoms with Crippen molar-refractivity contribution in [2.24, 2.45) is 0 Å². The Bertz CT molecular complexity index is 2430. The Labute approximate surface area is 332 Å². The van der Waals surface area contributed by atoms with E-state index in [1.165, 1.54) is 0 Å². The fourth-order valence-electron chi connectivity index (χ4n) is 5.68. The van der Waals surface area contributed by atoms with Gasteiger partial charge in [-0.1, -0.05) is 144 Å². The van der Waals surface area contributed by atoms with Crippen molar-refractivity contribution in [3.63, 3.8) is 0 Å². The topological polar surface area (TPSA) is 133 Å². The molecule has 0 amide bonds. The van der Waals surface area contributed by atoms with E-state index in [2.05, 4.69) is 83.1 Å². The molecule has 0 atom stereocenters. The maximum atomic E-state index is 12.7. The lowest BCUT2D eigenvalue weighted by atomic mass is 9.93. The fourth-order valence-corrected chi connectivity index (χ4v) is 6.55. The van der Waals surface area contributed by atoms with Crippen molar-refractivity contribution in [2.75, 3.05) is 13.3 Å². The van der Waals surface area contributed by atoms with E-state index < -0.39 is 7.14 Å². The van der Waals surface area contributed by atoms with Gasteiger partial charge in [-0.25, -0.2) is 44.9 Å². The van der Waals surface area contributed by atoms with Crippen LogP contribution < -0.4 is 5.30 Å². The SMILES string of the molecule is CC(C)(C)c1nc(-c2ccc(P(C)(C)=O)cc2)nc(-c2cccc(-c3nc(-c4cccc(-c5nc(C(C)(C)C)nc(C(C)(C)C)n5)c4)nc(C(C)(C)C)n3)c2)n1. The Balaban J connectivity index is 1.46. The van der Waals surface area contributed by atoms with Gasteiger partial charge in [0.05, 0.1) is 0 Å². The van der Waals surface area contributed by atoms with Gasteiger partial charge in [0.25, 0.3) is 0 Å². The van der Waals surface area contributed by atoms with Crippen molar-refractivity contribution < 1.29 is 4.57 Å². The molecule has 3 heterocycles. The van der Waals surface area contributed by atoms with Crippen molar-refractivity contribution in [1.82, 2.24) is 44.9 Å². The van der Waals surface area contributed by atoms with Crippen molar-refractivity contribution in [3.8, 4) is 56.9 Å². The molecule has 3 aromatic heterocycles. The highest BCUT2D eigenvalue weighted by atomic mass is 31.2. The molecule has 0 spiro atoms. The molecule has 0 bridgehead atoms. The van der Waals surface area contributed by atoms with Gasteiger partial charge in [0.1, 0.15) is 30.4 Å². The van der Waals surface area contributed by atoms with Crippen LogP contribution in [0.5, 0.6) is 0 Å². The van der Waals surface area contributed by atoms with E-state index in [4.69, 9.17) is 44.9 Å². The minimum absolute atomic E-state index is 0.256. The van der Waals surface area contributed by atoms with Crippen molar-refractivity contribution in [3.05, 3.63) is 96.1 Å². The van der Waals surface area contributed by atoms with Crippen molar-refractivity contribution in [2.45, 2.75) is 105 Å². The number of benzene rings is 3. The van der Waals surface area contributed by atoms with Crippen LogP contribution in [-0.2, 0) is 26.2 Å². The molecule has 11 heteroatoms.